The molecule has 1 aromatic rings. The van der Waals surface area contributed by atoms with Gasteiger partial charge in [0.1, 0.15) is 11.2 Å². The Balaban J connectivity index is 2.44. The van der Waals surface area contributed by atoms with Gasteiger partial charge in [0, 0.05) is 12.1 Å². The number of ether oxygens (including phenoxy) is 2. The molecule has 0 unspecified atom stereocenters. The minimum atomic E-state index is -0.773. The van der Waals surface area contributed by atoms with E-state index in [9.17, 15) is 9.59 Å². The van der Waals surface area contributed by atoms with Gasteiger partial charge in [0.25, 0.3) is 0 Å². The molecule has 0 spiro atoms. The molecule has 0 saturated carbocycles. The monoisotopic (exact) mass is 339 g/mol. The second-order valence-electron chi connectivity index (χ2n) is 7.45. The van der Waals surface area contributed by atoms with Crippen LogP contribution in [0.1, 0.15) is 45.0 Å². The number of carbonyl (C=O) groups is 2. The Hall–Kier alpha value is -1.75. The normalized spacial score (nSPS) is 16.4. The molecule has 1 heterocycles. The van der Waals surface area contributed by atoms with Crippen molar-refractivity contribution in [2.45, 2.75) is 40.2 Å². The van der Waals surface area contributed by atoms with E-state index < -0.39 is 23.0 Å². The zero-order chi connectivity index (χ0) is 17.6. The zero-order valence-electron chi connectivity index (χ0n) is 14.3. The van der Waals surface area contributed by atoms with Gasteiger partial charge in [0.05, 0.1) is 17.6 Å². The predicted octanol–water partition coefficient (Wildman–Crippen LogP) is 3.68. The van der Waals surface area contributed by atoms with Crippen LogP contribution in [-0.4, -0.2) is 31.1 Å². The molecular weight excluding hydrogens is 318 g/mol. The highest BCUT2D eigenvalue weighted by atomic mass is 35.5. The largest absolute Gasteiger partial charge is 0.483 e. The molecule has 0 aromatic heterocycles. The maximum Gasteiger partial charge on any atom is 0.349 e. The molecule has 0 bridgehead atoms. The Labute approximate surface area is 141 Å². The number of rotatable bonds is 1. The topological polar surface area (TPSA) is 55.8 Å². The van der Waals surface area contributed by atoms with E-state index in [2.05, 4.69) is 0 Å². The third-order valence-electron chi connectivity index (χ3n) is 3.46. The molecule has 0 amide bonds. The van der Waals surface area contributed by atoms with Gasteiger partial charge in [-0.1, -0.05) is 11.6 Å². The lowest BCUT2D eigenvalue weighted by molar-refractivity contribution is -0.146. The van der Waals surface area contributed by atoms with Gasteiger partial charge in [0.2, 0.25) is 0 Å². The fraction of sp³-hybridized carbons (Fsp3) is 0.529. The summed E-state index contributed by atoms with van der Waals surface area (Å²) in [6, 6.07) is 3.20. The van der Waals surface area contributed by atoms with Crippen LogP contribution in [0.25, 0.3) is 0 Å². The zero-order valence-corrected chi connectivity index (χ0v) is 15.1. The number of anilines is 1. The van der Waals surface area contributed by atoms with E-state index in [0.29, 0.717) is 23.0 Å². The van der Waals surface area contributed by atoms with Crippen LogP contribution in [0, 0.1) is 5.41 Å². The highest BCUT2D eigenvalue weighted by molar-refractivity contribution is 6.31. The van der Waals surface area contributed by atoms with Crippen LogP contribution < -0.4 is 9.64 Å². The average molecular weight is 340 g/mol. The van der Waals surface area contributed by atoms with E-state index in [1.807, 2.05) is 25.8 Å². The number of halogens is 1. The number of hydrogen-bond donors (Lipinski definition) is 0. The van der Waals surface area contributed by atoms with Crippen molar-refractivity contribution in [2.24, 2.45) is 5.41 Å². The third kappa shape index (κ3) is 3.78. The van der Waals surface area contributed by atoms with Crippen LogP contribution in [0.15, 0.2) is 12.1 Å². The van der Waals surface area contributed by atoms with Crippen LogP contribution in [-0.2, 0) is 9.53 Å². The molecule has 0 N–H and O–H groups in total. The van der Waals surface area contributed by atoms with Crippen molar-refractivity contribution < 1.29 is 19.1 Å². The molecule has 1 aliphatic heterocycles. The van der Waals surface area contributed by atoms with Crippen molar-refractivity contribution in [2.75, 3.05) is 18.5 Å². The van der Waals surface area contributed by atoms with Crippen LogP contribution >= 0.6 is 11.6 Å². The number of carbonyl (C=O) groups excluding carboxylic acids is 2. The van der Waals surface area contributed by atoms with Gasteiger partial charge >= 0.3 is 11.9 Å². The Morgan fingerprint density at radius 3 is 2.48 bits per heavy atom. The van der Waals surface area contributed by atoms with E-state index in [1.54, 1.807) is 26.8 Å². The first-order valence-corrected chi connectivity index (χ1v) is 7.79. The lowest BCUT2D eigenvalue weighted by atomic mass is 9.97. The first-order valence-electron chi connectivity index (χ1n) is 7.41. The molecule has 23 heavy (non-hydrogen) atoms. The maximum atomic E-state index is 12.4. The fourth-order valence-electron chi connectivity index (χ4n) is 2.38. The summed E-state index contributed by atoms with van der Waals surface area (Å²) in [6.45, 7) is 9.55. The van der Waals surface area contributed by atoms with Crippen LogP contribution in [0.5, 0.6) is 5.75 Å². The van der Waals surface area contributed by atoms with Crippen LogP contribution in [0.3, 0.4) is 0 Å². The number of likely N-dealkylation sites (N-methyl/N-ethyl adjacent to an activating group) is 1. The first-order chi connectivity index (χ1) is 10.4. The van der Waals surface area contributed by atoms with Gasteiger partial charge in [-0.3, -0.25) is 4.79 Å². The smallest absolute Gasteiger partial charge is 0.349 e. The van der Waals surface area contributed by atoms with Crippen molar-refractivity contribution in [1.82, 2.24) is 0 Å². The van der Waals surface area contributed by atoms with Gasteiger partial charge in [-0.2, -0.15) is 0 Å². The summed E-state index contributed by atoms with van der Waals surface area (Å²) in [5.74, 6) is -0.964. The standard InChI is InChI=1S/C17H22ClNO4/c1-16(2,3)15(21)22-14(20)11-7-10(18)8-12-13(11)23-17(4,5)9-19(12)6/h7-8H,9H2,1-6H3. The highest BCUT2D eigenvalue weighted by Gasteiger charge is 2.35. The van der Waals surface area contributed by atoms with Crippen LogP contribution in [0.4, 0.5) is 5.69 Å². The molecule has 0 saturated heterocycles. The Morgan fingerprint density at radius 1 is 1.30 bits per heavy atom. The Kier molecular flexibility index (Phi) is 4.37. The van der Waals surface area contributed by atoms with Gasteiger partial charge in [-0.25, -0.2) is 4.79 Å². The number of benzene rings is 1. The number of hydrogen-bond acceptors (Lipinski definition) is 5. The van der Waals surface area contributed by atoms with E-state index >= 15 is 0 Å². The van der Waals surface area contributed by atoms with Crippen molar-refractivity contribution in [3.05, 3.63) is 22.7 Å². The lowest BCUT2D eigenvalue weighted by Gasteiger charge is -2.39. The molecule has 0 atom stereocenters. The molecule has 0 radical (unpaired) electrons. The maximum absolute atomic E-state index is 12.4. The molecule has 5 nitrogen and oxygen atoms in total. The minimum absolute atomic E-state index is 0.157. The SMILES string of the molecule is CN1CC(C)(C)Oc2c(C(=O)OC(=O)C(C)(C)C)cc(Cl)cc21. The van der Waals surface area contributed by atoms with E-state index in [1.165, 1.54) is 6.07 Å². The minimum Gasteiger partial charge on any atom is -0.483 e. The summed E-state index contributed by atoms with van der Waals surface area (Å²) in [4.78, 5) is 26.4. The molecule has 1 aromatic carbocycles. The van der Waals surface area contributed by atoms with Crippen molar-refractivity contribution in [3.63, 3.8) is 0 Å². The van der Waals surface area contributed by atoms with Crippen molar-refractivity contribution in [3.8, 4) is 5.75 Å². The Bertz CT molecular complexity index is 661. The highest BCUT2D eigenvalue weighted by Crippen LogP contribution is 2.41. The third-order valence-corrected chi connectivity index (χ3v) is 3.68. The summed E-state index contributed by atoms with van der Waals surface area (Å²) >= 11 is 6.11. The Morgan fingerprint density at radius 2 is 1.91 bits per heavy atom. The summed E-state index contributed by atoms with van der Waals surface area (Å²) in [5.41, 5.74) is -0.388. The molecule has 0 aliphatic carbocycles. The molecule has 126 valence electrons. The number of esters is 2. The van der Waals surface area contributed by atoms with E-state index in [-0.39, 0.29) is 5.56 Å². The molecule has 1 aliphatic rings. The summed E-state index contributed by atoms with van der Waals surface area (Å²) < 4.78 is 10.9. The second kappa shape index (κ2) is 5.71. The molecule has 0 fully saturated rings. The average Bonchev–Trinajstić information content (AvgIpc) is 2.36. The predicted molar refractivity (Wildman–Crippen MR) is 89.3 cm³/mol. The van der Waals surface area contributed by atoms with Crippen molar-refractivity contribution in [1.29, 1.82) is 0 Å². The molecule has 2 rings (SSSR count). The van der Waals surface area contributed by atoms with Gasteiger partial charge in [0.15, 0.2) is 5.75 Å². The lowest BCUT2D eigenvalue weighted by Crippen LogP contribution is -2.45. The van der Waals surface area contributed by atoms with E-state index in [4.69, 9.17) is 21.1 Å². The first kappa shape index (κ1) is 17.6. The quantitative estimate of drug-likeness (QED) is 0.577. The number of fused-ring (bicyclic) bond motifs is 1. The summed E-state index contributed by atoms with van der Waals surface area (Å²) in [7, 11) is 1.90. The summed E-state index contributed by atoms with van der Waals surface area (Å²) in [6.07, 6.45) is 0. The van der Waals surface area contributed by atoms with Crippen molar-refractivity contribution >= 4 is 29.2 Å². The summed E-state index contributed by atoms with van der Waals surface area (Å²) in [5, 5.41) is 0.383. The van der Waals surface area contributed by atoms with Crippen LogP contribution in [0.2, 0.25) is 5.02 Å². The van der Waals surface area contributed by atoms with Gasteiger partial charge in [-0.15, -0.1) is 0 Å². The van der Waals surface area contributed by atoms with E-state index in [0.717, 1.165) is 0 Å². The second-order valence-corrected chi connectivity index (χ2v) is 7.88. The number of nitrogens with zero attached hydrogens (tertiary/aromatic N) is 1. The fourth-order valence-corrected chi connectivity index (χ4v) is 2.59. The molecule has 6 heteroatoms. The molecular formula is C17H22ClNO4. The van der Waals surface area contributed by atoms with Gasteiger partial charge in [-0.05, 0) is 46.8 Å². The van der Waals surface area contributed by atoms with Gasteiger partial charge < -0.3 is 14.4 Å².